The highest BCUT2D eigenvalue weighted by atomic mass is 15.1. The van der Waals surface area contributed by atoms with Crippen molar-refractivity contribution in [1.29, 1.82) is 0 Å². The fourth-order valence-corrected chi connectivity index (χ4v) is 1.57. The Kier molecular flexibility index (Phi) is 3.15. The van der Waals surface area contributed by atoms with E-state index in [2.05, 4.69) is 48.5 Å². The van der Waals surface area contributed by atoms with E-state index in [-0.39, 0.29) is 5.54 Å². The van der Waals surface area contributed by atoms with Gasteiger partial charge in [0.05, 0.1) is 5.69 Å². The fourth-order valence-electron chi connectivity index (χ4n) is 1.57. The molecule has 0 amide bonds. The Hall–Kier alpha value is -1.09. The molecule has 0 bridgehead atoms. The van der Waals surface area contributed by atoms with Crippen LogP contribution in [0.15, 0.2) is 18.2 Å². The van der Waals surface area contributed by atoms with Crippen LogP contribution in [0.5, 0.6) is 0 Å². The van der Waals surface area contributed by atoms with Crippen LogP contribution in [0.25, 0.3) is 0 Å². The molecular formula is C13H21N3. The Morgan fingerprint density at radius 1 is 1.31 bits per heavy atom. The number of pyridine rings is 1. The van der Waals surface area contributed by atoms with Crippen LogP contribution in [0.1, 0.15) is 39.3 Å². The molecule has 0 radical (unpaired) electrons. The summed E-state index contributed by atoms with van der Waals surface area (Å²) in [5, 5.41) is 6.86. The van der Waals surface area contributed by atoms with Gasteiger partial charge in [-0.05, 0) is 45.7 Å². The third kappa shape index (κ3) is 3.81. The SMILES string of the molecule is CC(C)(C)Nc1cccc(CNC2CC2)n1. The molecule has 2 rings (SSSR count). The van der Waals surface area contributed by atoms with Gasteiger partial charge in [0.2, 0.25) is 0 Å². The molecule has 88 valence electrons. The van der Waals surface area contributed by atoms with Crippen molar-refractivity contribution in [2.24, 2.45) is 0 Å². The van der Waals surface area contributed by atoms with Crippen LogP contribution in [0.4, 0.5) is 5.82 Å². The van der Waals surface area contributed by atoms with E-state index in [1.54, 1.807) is 0 Å². The van der Waals surface area contributed by atoms with Crippen LogP contribution < -0.4 is 10.6 Å². The second kappa shape index (κ2) is 4.42. The highest BCUT2D eigenvalue weighted by Gasteiger charge is 2.20. The molecule has 1 saturated carbocycles. The van der Waals surface area contributed by atoms with Gasteiger partial charge < -0.3 is 10.6 Å². The summed E-state index contributed by atoms with van der Waals surface area (Å²) in [6.45, 7) is 7.31. The lowest BCUT2D eigenvalue weighted by atomic mass is 10.1. The van der Waals surface area contributed by atoms with Gasteiger partial charge in [0.1, 0.15) is 5.82 Å². The predicted molar refractivity (Wildman–Crippen MR) is 67.5 cm³/mol. The molecule has 1 aromatic rings. The maximum absolute atomic E-state index is 4.58. The summed E-state index contributed by atoms with van der Waals surface area (Å²) in [5.41, 5.74) is 1.18. The number of aromatic nitrogens is 1. The zero-order chi connectivity index (χ0) is 11.6. The number of anilines is 1. The zero-order valence-electron chi connectivity index (χ0n) is 10.4. The van der Waals surface area contributed by atoms with Crippen molar-refractivity contribution in [1.82, 2.24) is 10.3 Å². The van der Waals surface area contributed by atoms with E-state index in [1.165, 1.54) is 12.8 Å². The van der Waals surface area contributed by atoms with Crippen molar-refractivity contribution >= 4 is 5.82 Å². The van der Waals surface area contributed by atoms with E-state index < -0.39 is 0 Å². The first kappa shape index (κ1) is 11.4. The van der Waals surface area contributed by atoms with Gasteiger partial charge in [-0.3, -0.25) is 0 Å². The summed E-state index contributed by atoms with van der Waals surface area (Å²) < 4.78 is 0. The van der Waals surface area contributed by atoms with Crippen LogP contribution in [0.2, 0.25) is 0 Å². The third-order valence-corrected chi connectivity index (χ3v) is 2.46. The van der Waals surface area contributed by atoms with Gasteiger partial charge in [-0.2, -0.15) is 0 Å². The van der Waals surface area contributed by atoms with E-state index in [4.69, 9.17) is 0 Å². The number of nitrogens with one attached hydrogen (secondary N) is 2. The monoisotopic (exact) mass is 219 g/mol. The van der Waals surface area contributed by atoms with Crippen molar-refractivity contribution in [3.8, 4) is 0 Å². The average molecular weight is 219 g/mol. The molecule has 2 N–H and O–H groups in total. The maximum Gasteiger partial charge on any atom is 0.126 e. The fraction of sp³-hybridized carbons (Fsp3) is 0.615. The summed E-state index contributed by atoms with van der Waals surface area (Å²) >= 11 is 0. The standard InChI is InChI=1S/C13H21N3/c1-13(2,3)16-12-6-4-5-11(15-12)9-14-10-7-8-10/h4-6,10,14H,7-9H2,1-3H3,(H,15,16). The molecule has 1 heterocycles. The van der Waals surface area contributed by atoms with Crippen LogP contribution in [0, 0.1) is 0 Å². The van der Waals surface area contributed by atoms with Crippen LogP contribution >= 0.6 is 0 Å². The topological polar surface area (TPSA) is 37.0 Å². The van der Waals surface area contributed by atoms with Gasteiger partial charge >= 0.3 is 0 Å². The quantitative estimate of drug-likeness (QED) is 0.817. The molecule has 16 heavy (non-hydrogen) atoms. The first-order valence-electron chi connectivity index (χ1n) is 6.00. The molecule has 0 atom stereocenters. The third-order valence-electron chi connectivity index (χ3n) is 2.46. The molecule has 0 aromatic carbocycles. The van der Waals surface area contributed by atoms with Crippen LogP contribution in [-0.2, 0) is 6.54 Å². The smallest absolute Gasteiger partial charge is 0.126 e. The van der Waals surface area contributed by atoms with Gasteiger partial charge in [0.15, 0.2) is 0 Å². The molecule has 1 aliphatic carbocycles. The van der Waals surface area contributed by atoms with Gasteiger partial charge in [-0.1, -0.05) is 6.07 Å². The minimum atomic E-state index is 0.0650. The first-order chi connectivity index (χ1) is 7.53. The Balaban J connectivity index is 1.95. The molecule has 1 fully saturated rings. The van der Waals surface area contributed by atoms with Crippen LogP contribution in [0.3, 0.4) is 0 Å². The second-order valence-corrected chi connectivity index (χ2v) is 5.54. The molecular weight excluding hydrogens is 198 g/mol. The van der Waals surface area contributed by atoms with Crippen molar-refractivity contribution in [2.75, 3.05) is 5.32 Å². The number of nitrogens with zero attached hydrogens (tertiary/aromatic N) is 1. The normalized spacial score (nSPS) is 16.2. The van der Waals surface area contributed by atoms with Gasteiger partial charge in [-0.25, -0.2) is 4.98 Å². The lowest BCUT2D eigenvalue weighted by Gasteiger charge is -2.21. The molecule has 1 aliphatic rings. The van der Waals surface area contributed by atoms with E-state index in [1.807, 2.05) is 6.07 Å². The number of rotatable bonds is 4. The summed E-state index contributed by atoms with van der Waals surface area (Å²) in [6.07, 6.45) is 2.64. The minimum Gasteiger partial charge on any atom is -0.365 e. The number of hydrogen-bond donors (Lipinski definition) is 2. The maximum atomic E-state index is 4.58. The minimum absolute atomic E-state index is 0.0650. The second-order valence-electron chi connectivity index (χ2n) is 5.54. The molecule has 3 nitrogen and oxygen atoms in total. The zero-order valence-corrected chi connectivity index (χ0v) is 10.4. The van der Waals surface area contributed by atoms with Gasteiger partial charge in [0.25, 0.3) is 0 Å². The predicted octanol–water partition coefficient (Wildman–Crippen LogP) is 2.54. The molecule has 3 heteroatoms. The van der Waals surface area contributed by atoms with E-state index >= 15 is 0 Å². The van der Waals surface area contributed by atoms with E-state index in [0.717, 1.165) is 24.1 Å². The Bertz CT molecular complexity index is 350. The van der Waals surface area contributed by atoms with Gasteiger partial charge in [0, 0.05) is 18.1 Å². The highest BCUT2D eigenvalue weighted by Crippen LogP contribution is 2.19. The molecule has 1 aromatic heterocycles. The highest BCUT2D eigenvalue weighted by molar-refractivity contribution is 5.37. The first-order valence-corrected chi connectivity index (χ1v) is 6.00. The van der Waals surface area contributed by atoms with Gasteiger partial charge in [-0.15, -0.1) is 0 Å². The van der Waals surface area contributed by atoms with Crippen molar-refractivity contribution < 1.29 is 0 Å². The van der Waals surface area contributed by atoms with Crippen molar-refractivity contribution in [2.45, 2.75) is 51.7 Å². The molecule has 0 saturated heterocycles. The van der Waals surface area contributed by atoms with E-state index in [9.17, 15) is 0 Å². The number of hydrogen-bond acceptors (Lipinski definition) is 3. The van der Waals surface area contributed by atoms with Crippen molar-refractivity contribution in [3.63, 3.8) is 0 Å². The Labute approximate surface area is 97.7 Å². The summed E-state index contributed by atoms with van der Waals surface area (Å²) in [4.78, 5) is 4.58. The lowest BCUT2D eigenvalue weighted by molar-refractivity contribution is 0.627. The summed E-state index contributed by atoms with van der Waals surface area (Å²) in [5.74, 6) is 0.961. The molecule has 0 aliphatic heterocycles. The average Bonchev–Trinajstić information content (AvgIpc) is 2.96. The Morgan fingerprint density at radius 2 is 2.06 bits per heavy atom. The van der Waals surface area contributed by atoms with Crippen LogP contribution in [-0.4, -0.2) is 16.6 Å². The molecule has 0 unspecified atom stereocenters. The Morgan fingerprint density at radius 3 is 2.69 bits per heavy atom. The summed E-state index contributed by atoms with van der Waals surface area (Å²) in [6, 6.07) is 6.89. The van der Waals surface area contributed by atoms with E-state index in [0.29, 0.717) is 0 Å². The largest absolute Gasteiger partial charge is 0.365 e. The molecule has 0 spiro atoms. The lowest BCUT2D eigenvalue weighted by Crippen LogP contribution is -2.27. The summed E-state index contributed by atoms with van der Waals surface area (Å²) in [7, 11) is 0. The van der Waals surface area contributed by atoms with Crippen molar-refractivity contribution in [3.05, 3.63) is 23.9 Å².